The van der Waals surface area contributed by atoms with Gasteiger partial charge in [-0.3, -0.25) is 0 Å². The molecule has 0 aliphatic heterocycles. The van der Waals surface area contributed by atoms with Crippen molar-refractivity contribution in [1.29, 1.82) is 5.26 Å². The van der Waals surface area contributed by atoms with Crippen LogP contribution in [0.15, 0.2) is 23.6 Å². The van der Waals surface area contributed by atoms with E-state index >= 15 is 0 Å². The Morgan fingerprint density at radius 3 is 3.00 bits per heavy atom. The minimum absolute atomic E-state index is 0.385. The Morgan fingerprint density at radius 1 is 1.50 bits per heavy atom. The monoisotopic (exact) mass is 232 g/mol. The second-order valence-corrected chi connectivity index (χ2v) is 4.58. The molecule has 0 radical (unpaired) electrons. The fourth-order valence-corrected chi connectivity index (χ4v) is 2.45. The molecule has 1 heterocycles. The molecule has 0 saturated heterocycles. The summed E-state index contributed by atoms with van der Waals surface area (Å²) in [6.45, 7) is 2.25. The predicted octanol–water partition coefficient (Wildman–Crippen LogP) is 2.57. The van der Waals surface area contributed by atoms with Gasteiger partial charge in [0.1, 0.15) is 6.07 Å². The van der Waals surface area contributed by atoms with Crippen molar-refractivity contribution in [1.82, 2.24) is 0 Å². The fraction of sp³-hybridized carbons (Fsp3) is 0.250. The maximum absolute atomic E-state index is 9.22. The molecule has 2 rings (SSSR count). The van der Waals surface area contributed by atoms with E-state index in [1.54, 1.807) is 18.3 Å². The number of nitrogens with zero attached hydrogens (tertiary/aromatic N) is 1. The SMILES string of the molecule is CC(O)CNc1ccc(C#N)c2sccc12. The Balaban J connectivity index is 2.41. The van der Waals surface area contributed by atoms with Crippen LogP contribution in [0.1, 0.15) is 12.5 Å². The van der Waals surface area contributed by atoms with Crippen molar-refractivity contribution >= 4 is 27.1 Å². The Kier molecular flexibility index (Phi) is 3.09. The standard InChI is InChI=1S/C12H12N2OS/c1-8(15)7-14-11-3-2-9(6-13)12-10(11)4-5-16-12/h2-5,8,14-15H,7H2,1H3. The second kappa shape index (κ2) is 4.52. The zero-order valence-electron chi connectivity index (χ0n) is 8.90. The van der Waals surface area contributed by atoms with Gasteiger partial charge in [0.2, 0.25) is 0 Å². The highest BCUT2D eigenvalue weighted by atomic mass is 32.1. The third-order valence-electron chi connectivity index (χ3n) is 2.33. The minimum Gasteiger partial charge on any atom is -0.392 e. The van der Waals surface area contributed by atoms with Crippen LogP contribution in [0.4, 0.5) is 5.69 Å². The number of benzene rings is 1. The Bertz CT molecular complexity index is 539. The molecule has 4 heteroatoms. The van der Waals surface area contributed by atoms with Crippen molar-refractivity contribution in [3.8, 4) is 6.07 Å². The van der Waals surface area contributed by atoms with Crippen molar-refractivity contribution in [3.05, 3.63) is 29.1 Å². The number of fused-ring (bicyclic) bond motifs is 1. The molecule has 2 aromatic rings. The summed E-state index contributed by atoms with van der Waals surface area (Å²) in [7, 11) is 0. The molecule has 0 bridgehead atoms. The van der Waals surface area contributed by atoms with Crippen LogP contribution in [0.3, 0.4) is 0 Å². The molecular formula is C12H12N2OS. The Morgan fingerprint density at radius 2 is 2.31 bits per heavy atom. The van der Waals surface area contributed by atoms with Gasteiger partial charge in [-0.05, 0) is 30.5 Å². The maximum Gasteiger partial charge on any atom is 0.101 e. The molecule has 0 aliphatic rings. The fourth-order valence-electron chi connectivity index (χ4n) is 1.56. The normalized spacial score (nSPS) is 12.3. The number of thiophene rings is 1. The largest absolute Gasteiger partial charge is 0.392 e. The molecule has 3 nitrogen and oxygen atoms in total. The summed E-state index contributed by atoms with van der Waals surface area (Å²) in [5.41, 5.74) is 1.67. The number of nitriles is 1. The second-order valence-electron chi connectivity index (χ2n) is 3.67. The molecule has 0 saturated carbocycles. The summed E-state index contributed by atoms with van der Waals surface area (Å²) in [4.78, 5) is 0. The van der Waals surface area contributed by atoms with Crippen LogP contribution in [0, 0.1) is 11.3 Å². The van der Waals surface area contributed by atoms with Crippen molar-refractivity contribution in [3.63, 3.8) is 0 Å². The topological polar surface area (TPSA) is 56.0 Å². The van der Waals surface area contributed by atoms with Crippen LogP contribution in [0.2, 0.25) is 0 Å². The summed E-state index contributed by atoms with van der Waals surface area (Å²) in [5, 5.41) is 24.4. The number of hydrogen-bond donors (Lipinski definition) is 2. The Hall–Kier alpha value is -1.57. The molecule has 82 valence electrons. The average Bonchev–Trinajstić information content (AvgIpc) is 2.74. The molecule has 1 atom stereocenters. The zero-order chi connectivity index (χ0) is 11.5. The third kappa shape index (κ3) is 2.01. The molecular weight excluding hydrogens is 220 g/mol. The van der Waals surface area contributed by atoms with E-state index < -0.39 is 0 Å². The molecule has 0 amide bonds. The van der Waals surface area contributed by atoms with Crippen molar-refractivity contribution in [2.75, 3.05) is 11.9 Å². The molecule has 1 aromatic heterocycles. The first-order valence-electron chi connectivity index (χ1n) is 5.04. The lowest BCUT2D eigenvalue weighted by atomic mass is 10.1. The molecule has 1 unspecified atom stereocenters. The summed E-state index contributed by atoms with van der Waals surface area (Å²) in [5.74, 6) is 0. The maximum atomic E-state index is 9.22. The van der Waals surface area contributed by atoms with E-state index in [-0.39, 0.29) is 6.10 Å². The number of hydrogen-bond acceptors (Lipinski definition) is 4. The van der Waals surface area contributed by atoms with E-state index in [0.717, 1.165) is 15.8 Å². The van der Waals surface area contributed by atoms with Crippen LogP contribution in [-0.2, 0) is 0 Å². The zero-order valence-corrected chi connectivity index (χ0v) is 9.71. The number of nitrogens with one attached hydrogen (secondary N) is 1. The van der Waals surface area contributed by atoms with Crippen LogP contribution in [0.25, 0.3) is 10.1 Å². The number of anilines is 1. The highest BCUT2D eigenvalue weighted by Crippen LogP contribution is 2.30. The predicted molar refractivity (Wildman–Crippen MR) is 66.7 cm³/mol. The van der Waals surface area contributed by atoms with Gasteiger partial charge in [0.05, 0.1) is 16.4 Å². The molecule has 0 aliphatic carbocycles. The number of aliphatic hydroxyl groups is 1. The molecule has 2 N–H and O–H groups in total. The van der Waals surface area contributed by atoms with E-state index in [4.69, 9.17) is 5.26 Å². The van der Waals surface area contributed by atoms with Gasteiger partial charge in [0.15, 0.2) is 0 Å². The van der Waals surface area contributed by atoms with Gasteiger partial charge in [-0.15, -0.1) is 11.3 Å². The van der Waals surface area contributed by atoms with Gasteiger partial charge in [-0.2, -0.15) is 5.26 Å². The summed E-state index contributed by atoms with van der Waals surface area (Å²) in [6, 6.07) is 7.87. The molecule has 16 heavy (non-hydrogen) atoms. The summed E-state index contributed by atoms with van der Waals surface area (Å²) < 4.78 is 0.998. The summed E-state index contributed by atoms with van der Waals surface area (Å²) >= 11 is 1.56. The van der Waals surface area contributed by atoms with Gasteiger partial charge in [-0.1, -0.05) is 0 Å². The van der Waals surface area contributed by atoms with Gasteiger partial charge < -0.3 is 10.4 Å². The average molecular weight is 232 g/mol. The highest BCUT2D eigenvalue weighted by molar-refractivity contribution is 7.17. The lowest BCUT2D eigenvalue weighted by Crippen LogP contribution is -2.15. The van der Waals surface area contributed by atoms with E-state index in [1.165, 1.54) is 0 Å². The van der Waals surface area contributed by atoms with E-state index in [9.17, 15) is 5.11 Å². The van der Waals surface area contributed by atoms with Crippen molar-refractivity contribution in [2.45, 2.75) is 13.0 Å². The number of rotatable bonds is 3. The first kappa shape index (κ1) is 10.9. The minimum atomic E-state index is -0.385. The van der Waals surface area contributed by atoms with Crippen molar-refractivity contribution < 1.29 is 5.11 Å². The molecule has 0 fully saturated rings. The van der Waals surface area contributed by atoms with Crippen LogP contribution in [0.5, 0.6) is 0 Å². The van der Waals surface area contributed by atoms with Crippen LogP contribution < -0.4 is 5.32 Å². The van der Waals surface area contributed by atoms with Crippen molar-refractivity contribution in [2.24, 2.45) is 0 Å². The first-order chi connectivity index (χ1) is 7.72. The van der Waals surface area contributed by atoms with Gasteiger partial charge in [0.25, 0.3) is 0 Å². The van der Waals surface area contributed by atoms with Gasteiger partial charge >= 0.3 is 0 Å². The first-order valence-corrected chi connectivity index (χ1v) is 5.92. The lowest BCUT2D eigenvalue weighted by Gasteiger charge is -2.09. The highest BCUT2D eigenvalue weighted by Gasteiger charge is 2.07. The smallest absolute Gasteiger partial charge is 0.101 e. The van der Waals surface area contributed by atoms with E-state index in [1.807, 2.05) is 23.6 Å². The van der Waals surface area contributed by atoms with E-state index in [2.05, 4.69) is 11.4 Å². The lowest BCUT2D eigenvalue weighted by molar-refractivity contribution is 0.208. The van der Waals surface area contributed by atoms with Gasteiger partial charge in [-0.25, -0.2) is 0 Å². The van der Waals surface area contributed by atoms with Gasteiger partial charge in [0, 0.05) is 17.6 Å². The van der Waals surface area contributed by atoms with Crippen LogP contribution in [-0.4, -0.2) is 17.8 Å². The molecule has 0 spiro atoms. The molecule has 1 aromatic carbocycles. The quantitative estimate of drug-likeness (QED) is 0.855. The number of aliphatic hydroxyl groups excluding tert-OH is 1. The van der Waals surface area contributed by atoms with E-state index in [0.29, 0.717) is 12.1 Å². The van der Waals surface area contributed by atoms with Crippen LogP contribution >= 0.6 is 11.3 Å². The Labute approximate surface area is 97.9 Å². The summed E-state index contributed by atoms with van der Waals surface area (Å²) in [6.07, 6.45) is -0.385. The third-order valence-corrected chi connectivity index (χ3v) is 3.27.